The summed E-state index contributed by atoms with van der Waals surface area (Å²) in [6.07, 6.45) is 4.43. The zero-order valence-electron chi connectivity index (χ0n) is 10.5. The van der Waals surface area contributed by atoms with E-state index in [1.54, 1.807) is 6.20 Å². The minimum absolute atomic E-state index is 0.00389. The van der Waals surface area contributed by atoms with Crippen molar-refractivity contribution in [3.8, 4) is 0 Å². The Bertz CT molecular complexity index is 536. The van der Waals surface area contributed by atoms with Crippen LogP contribution in [0, 0.1) is 6.92 Å². The van der Waals surface area contributed by atoms with E-state index in [-0.39, 0.29) is 6.04 Å². The highest BCUT2D eigenvalue weighted by molar-refractivity contribution is 6.31. The maximum absolute atomic E-state index is 6.14. The van der Waals surface area contributed by atoms with Crippen LogP contribution in [-0.2, 0) is 13.5 Å². The van der Waals surface area contributed by atoms with Crippen LogP contribution >= 0.6 is 11.6 Å². The van der Waals surface area contributed by atoms with Gasteiger partial charge >= 0.3 is 0 Å². The largest absolute Gasteiger partial charge is 0.338 e. The summed E-state index contributed by atoms with van der Waals surface area (Å²) in [7, 11) is 1.97. The zero-order valence-corrected chi connectivity index (χ0v) is 11.3. The van der Waals surface area contributed by atoms with Crippen LogP contribution < -0.4 is 11.3 Å². The Labute approximate surface area is 112 Å². The van der Waals surface area contributed by atoms with Gasteiger partial charge in [-0.3, -0.25) is 11.3 Å². The molecule has 0 fully saturated rings. The second-order valence-electron chi connectivity index (χ2n) is 4.39. The third kappa shape index (κ3) is 2.72. The average Bonchev–Trinajstić information content (AvgIpc) is 2.75. The van der Waals surface area contributed by atoms with Gasteiger partial charge in [0.2, 0.25) is 0 Å². The summed E-state index contributed by atoms with van der Waals surface area (Å²) >= 11 is 6.14. The fraction of sp³-hybridized carbons (Fsp3) is 0.308. The van der Waals surface area contributed by atoms with Gasteiger partial charge in [0, 0.05) is 30.9 Å². The first-order chi connectivity index (χ1) is 8.61. The summed E-state index contributed by atoms with van der Waals surface area (Å²) in [6, 6.07) is 5.99. The topological polar surface area (TPSA) is 55.9 Å². The molecule has 18 heavy (non-hydrogen) atoms. The molecule has 0 aliphatic carbocycles. The molecule has 5 heteroatoms. The number of benzene rings is 1. The molecular weight excluding hydrogens is 248 g/mol. The highest BCUT2D eigenvalue weighted by Gasteiger charge is 2.14. The number of nitrogens with two attached hydrogens (primary N) is 1. The number of hydrogen-bond acceptors (Lipinski definition) is 3. The van der Waals surface area contributed by atoms with E-state index in [4.69, 9.17) is 17.4 Å². The van der Waals surface area contributed by atoms with Gasteiger partial charge in [-0.15, -0.1) is 0 Å². The first-order valence-electron chi connectivity index (χ1n) is 5.80. The van der Waals surface area contributed by atoms with E-state index < -0.39 is 0 Å². The van der Waals surface area contributed by atoms with E-state index >= 15 is 0 Å². The second kappa shape index (κ2) is 5.52. The maximum atomic E-state index is 6.14. The molecule has 0 saturated carbocycles. The van der Waals surface area contributed by atoms with Crippen LogP contribution in [0.2, 0.25) is 5.02 Å². The smallest absolute Gasteiger partial charge is 0.110 e. The van der Waals surface area contributed by atoms with Crippen LogP contribution in [0.5, 0.6) is 0 Å². The van der Waals surface area contributed by atoms with Crippen molar-refractivity contribution in [2.45, 2.75) is 19.4 Å². The second-order valence-corrected chi connectivity index (χ2v) is 4.79. The van der Waals surface area contributed by atoms with Crippen molar-refractivity contribution in [2.24, 2.45) is 12.9 Å². The quantitative estimate of drug-likeness (QED) is 0.657. The Morgan fingerprint density at radius 1 is 1.50 bits per heavy atom. The van der Waals surface area contributed by atoms with E-state index in [1.807, 2.05) is 42.9 Å². The van der Waals surface area contributed by atoms with Crippen LogP contribution in [0.4, 0.5) is 0 Å². The summed E-state index contributed by atoms with van der Waals surface area (Å²) in [5.41, 5.74) is 4.95. The Morgan fingerprint density at radius 2 is 2.28 bits per heavy atom. The van der Waals surface area contributed by atoms with Crippen LogP contribution in [0.25, 0.3) is 0 Å². The normalized spacial score (nSPS) is 12.7. The fourth-order valence-electron chi connectivity index (χ4n) is 1.87. The van der Waals surface area contributed by atoms with E-state index in [9.17, 15) is 0 Å². The Morgan fingerprint density at radius 3 is 2.83 bits per heavy atom. The molecule has 0 amide bonds. The van der Waals surface area contributed by atoms with Gasteiger partial charge in [0.25, 0.3) is 0 Å². The fourth-order valence-corrected chi connectivity index (χ4v) is 2.06. The molecule has 0 saturated heterocycles. The molecule has 0 radical (unpaired) electrons. The molecule has 1 unspecified atom stereocenters. The van der Waals surface area contributed by atoms with Gasteiger partial charge in [0.05, 0.1) is 6.04 Å². The third-order valence-electron chi connectivity index (χ3n) is 3.11. The van der Waals surface area contributed by atoms with Crippen molar-refractivity contribution in [3.63, 3.8) is 0 Å². The van der Waals surface area contributed by atoms with Gasteiger partial charge in [0.1, 0.15) is 5.82 Å². The SMILES string of the molecule is Cc1ccc(C(Cc2nccn2C)NN)cc1Cl. The van der Waals surface area contributed by atoms with Crippen molar-refractivity contribution >= 4 is 11.6 Å². The summed E-state index contributed by atoms with van der Waals surface area (Å²) in [5, 5.41) is 0.757. The molecule has 0 aliphatic heterocycles. The van der Waals surface area contributed by atoms with Crippen molar-refractivity contribution in [1.29, 1.82) is 0 Å². The summed E-state index contributed by atoms with van der Waals surface area (Å²) in [4.78, 5) is 4.30. The molecule has 4 nitrogen and oxygen atoms in total. The molecule has 1 aromatic heterocycles. The Kier molecular flexibility index (Phi) is 4.01. The molecule has 0 bridgehead atoms. The van der Waals surface area contributed by atoms with Crippen LogP contribution in [-0.4, -0.2) is 9.55 Å². The minimum Gasteiger partial charge on any atom is -0.338 e. The summed E-state index contributed by atoms with van der Waals surface area (Å²) in [5.74, 6) is 6.61. The van der Waals surface area contributed by atoms with Crippen LogP contribution in [0.3, 0.4) is 0 Å². The number of aryl methyl sites for hydroxylation is 2. The van der Waals surface area contributed by atoms with Gasteiger partial charge < -0.3 is 4.57 Å². The monoisotopic (exact) mass is 264 g/mol. The van der Waals surface area contributed by atoms with Gasteiger partial charge in [-0.1, -0.05) is 23.7 Å². The van der Waals surface area contributed by atoms with Crippen molar-refractivity contribution in [3.05, 3.63) is 52.6 Å². The van der Waals surface area contributed by atoms with Crippen LogP contribution in [0.15, 0.2) is 30.6 Å². The molecule has 1 aromatic carbocycles. The highest BCUT2D eigenvalue weighted by atomic mass is 35.5. The minimum atomic E-state index is 0.00389. The average molecular weight is 265 g/mol. The number of imidazole rings is 1. The predicted octanol–water partition coefficient (Wildman–Crippen LogP) is 2.13. The highest BCUT2D eigenvalue weighted by Crippen LogP contribution is 2.23. The number of aromatic nitrogens is 2. The number of rotatable bonds is 4. The first kappa shape index (κ1) is 13.1. The summed E-state index contributed by atoms with van der Waals surface area (Å²) < 4.78 is 1.99. The molecule has 0 aliphatic rings. The number of nitrogens with zero attached hydrogens (tertiary/aromatic N) is 2. The maximum Gasteiger partial charge on any atom is 0.110 e. The van der Waals surface area contributed by atoms with E-state index in [1.165, 1.54) is 0 Å². The predicted molar refractivity (Wildman–Crippen MR) is 73.2 cm³/mol. The number of nitrogens with one attached hydrogen (secondary N) is 1. The summed E-state index contributed by atoms with van der Waals surface area (Å²) in [6.45, 7) is 1.98. The number of hydrazine groups is 1. The molecule has 1 heterocycles. The van der Waals surface area contributed by atoms with E-state index in [0.717, 1.165) is 28.4 Å². The molecule has 3 N–H and O–H groups in total. The van der Waals surface area contributed by atoms with Gasteiger partial charge in [-0.25, -0.2) is 4.98 Å². The van der Waals surface area contributed by atoms with Gasteiger partial charge in [-0.05, 0) is 24.1 Å². The lowest BCUT2D eigenvalue weighted by molar-refractivity contribution is 0.530. The van der Waals surface area contributed by atoms with Crippen molar-refractivity contribution in [1.82, 2.24) is 15.0 Å². The number of halogens is 1. The van der Waals surface area contributed by atoms with Crippen molar-refractivity contribution < 1.29 is 0 Å². The van der Waals surface area contributed by atoms with Crippen LogP contribution in [0.1, 0.15) is 23.0 Å². The van der Waals surface area contributed by atoms with Gasteiger partial charge in [-0.2, -0.15) is 0 Å². The van der Waals surface area contributed by atoms with Crippen molar-refractivity contribution in [2.75, 3.05) is 0 Å². The molecule has 2 rings (SSSR count). The molecular formula is C13H17ClN4. The van der Waals surface area contributed by atoms with Gasteiger partial charge in [0.15, 0.2) is 0 Å². The Hall–Kier alpha value is -1.36. The molecule has 96 valence electrons. The lowest BCUT2D eigenvalue weighted by atomic mass is 10.0. The molecule has 0 spiro atoms. The third-order valence-corrected chi connectivity index (χ3v) is 3.51. The van der Waals surface area contributed by atoms with E-state index in [2.05, 4.69) is 10.4 Å². The lowest BCUT2D eigenvalue weighted by Gasteiger charge is -2.17. The zero-order chi connectivity index (χ0) is 13.1. The molecule has 2 aromatic rings. The standard InChI is InChI=1S/C13H17ClN4/c1-9-3-4-10(7-11(9)14)12(17-15)8-13-16-5-6-18(13)2/h3-7,12,17H,8,15H2,1-2H3. The Balaban J connectivity index is 2.23. The lowest BCUT2D eigenvalue weighted by Crippen LogP contribution is -2.30. The van der Waals surface area contributed by atoms with E-state index in [0.29, 0.717) is 0 Å². The first-order valence-corrected chi connectivity index (χ1v) is 6.18. The molecule has 1 atom stereocenters. The number of hydrogen-bond donors (Lipinski definition) is 2.